The van der Waals surface area contributed by atoms with Gasteiger partial charge >= 0.3 is 0 Å². The summed E-state index contributed by atoms with van der Waals surface area (Å²) in [5.74, 6) is 0.568. The highest BCUT2D eigenvalue weighted by atomic mass is 79.9. The molecule has 4 aromatic rings. The number of aryl methyl sites for hydroxylation is 2. The fourth-order valence-corrected chi connectivity index (χ4v) is 3.40. The van der Waals surface area contributed by atoms with Crippen LogP contribution >= 0.6 is 15.9 Å². The Bertz CT molecular complexity index is 1180. The molecule has 0 bridgehead atoms. The molecule has 0 aliphatic heterocycles. The topological polar surface area (TPSA) is 95.7 Å². The van der Waals surface area contributed by atoms with E-state index in [0.29, 0.717) is 24.5 Å². The number of hydrogen-bond acceptors (Lipinski definition) is 5. The van der Waals surface area contributed by atoms with Crippen LogP contribution in [0, 0.1) is 13.8 Å². The van der Waals surface area contributed by atoms with Gasteiger partial charge in [-0.1, -0.05) is 0 Å². The van der Waals surface area contributed by atoms with Gasteiger partial charge in [-0.25, -0.2) is 0 Å². The van der Waals surface area contributed by atoms with Gasteiger partial charge < -0.3 is 9.73 Å². The third-order valence-electron chi connectivity index (χ3n) is 4.73. The molecule has 0 aromatic carbocycles. The zero-order chi connectivity index (χ0) is 21.3. The number of furan rings is 1. The average Bonchev–Trinajstić information content (AvgIpc) is 3.50. The number of carbonyl (C=O) groups is 1. The molecular formula is C20H22BrN7O2. The summed E-state index contributed by atoms with van der Waals surface area (Å²) in [6.45, 7) is 7.81. The maximum Gasteiger partial charge on any atom is 0.291 e. The van der Waals surface area contributed by atoms with E-state index in [0.717, 1.165) is 28.0 Å². The standard InChI is InChI=1S/C20H22BrN7O2/c1-4-26-9-15(7-22-26)10-27-11-16(8-23-27)24-20(29)18-6-5-17(30-18)12-28-14(3)19(21)13(2)25-28/h5-9,11H,4,10,12H2,1-3H3,(H,24,29). The normalized spacial score (nSPS) is 11.2. The van der Waals surface area contributed by atoms with Gasteiger partial charge in [-0.2, -0.15) is 15.3 Å². The first kappa shape index (κ1) is 20.1. The Labute approximate surface area is 181 Å². The zero-order valence-electron chi connectivity index (χ0n) is 17.0. The van der Waals surface area contributed by atoms with E-state index in [-0.39, 0.29) is 11.7 Å². The van der Waals surface area contributed by atoms with Crippen molar-refractivity contribution >= 4 is 27.5 Å². The van der Waals surface area contributed by atoms with Crippen LogP contribution in [0.3, 0.4) is 0 Å². The van der Waals surface area contributed by atoms with Crippen molar-refractivity contribution in [3.63, 3.8) is 0 Å². The quantitative estimate of drug-likeness (QED) is 0.443. The monoisotopic (exact) mass is 471 g/mol. The predicted octanol–water partition coefficient (Wildman–Crippen LogP) is 3.62. The molecule has 0 unspecified atom stereocenters. The number of carbonyl (C=O) groups excluding carboxylic acids is 1. The summed E-state index contributed by atoms with van der Waals surface area (Å²) in [6, 6.07) is 3.45. The largest absolute Gasteiger partial charge is 0.454 e. The van der Waals surface area contributed by atoms with E-state index in [9.17, 15) is 4.79 Å². The number of amides is 1. The number of anilines is 1. The molecule has 0 radical (unpaired) electrons. The van der Waals surface area contributed by atoms with Gasteiger partial charge in [-0.3, -0.25) is 18.8 Å². The number of nitrogens with one attached hydrogen (secondary N) is 1. The molecule has 9 nitrogen and oxygen atoms in total. The van der Waals surface area contributed by atoms with Crippen molar-refractivity contribution in [1.29, 1.82) is 0 Å². The van der Waals surface area contributed by atoms with Gasteiger partial charge in [0, 0.05) is 24.5 Å². The van der Waals surface area contributed by atoms with Crippen LogP contribution in [0.15, 0.2) is 45.8 Å². The number of halogens is 1. The molecule has 30 heavy (non-hydrogen) atoms. The Kier molecular flexibility index (Phi) is 5.58. The van der Waals surface area contributed by atoms with Crippen LogP contribution in [0.2, 0.25) is 0 Å². The lowest BCUT2D eigenvalue weighted by molar-refractivity contribution is 0.0994. The van der Waals surface area contributed by atoms with Gasteiger partial charge in [-0.05, 0) is 48.8 Å². The summed E-state index contributed by atoms with van der Waals surface area (Å²) < 4.78 is 12.1. The molecule has 0 atom stereocenters. The van der Waals surface area contributed by atoms with Crippen LogP contribution in [0.4, 0.5) is 5.69 Å². The minimum Gasteiger partial charge on any atom is -0.454 e. The molecule has 4 rings (SSSR count). The van der Waals surface area contributed by atoms with Gasteiger partial charge in [0.15, 0.2) is 5.76 Å². The smallest absolute Gasteiger partial charge is 0.291 e. The molecule has 1 N–H and O–H groups in total. The molecule has 1 amide bonds. The minimum atomic E-state index is -0.325. The maximum atomic E-state index is 12.5. The summed E-state index contributed by atoms with van der Waals surface area (Å²) in [6.07, 6.45) is 7.18. The Morgan fingerprint density at radius 2 is 1.93 bits per heavy atom. The van der Waals surface area contributed by atoms with E-state index in [1.807, 2.05) is 42.5 Å². The Morgan fingerprint density at radius 3 is 2.63 bits per heavy atom. The second-order valence-electron chi connectivity index (χ2n) is 6.99. The summed E-state index contributed by atoms with van der Waals surface area (Å²) in [4.78, 5) is 12.5. The number of nitrogens with zero attached hydrogens (tertiary/aromatic N) is 6. The zero-order valence-corrected chi connectivity index (χ0v) is 18.5. The van der Waals surface area contributed by atoms with Crippen molar-refractivity contribution in [3.8, 4) is 0 Å². The van der Waals surface area contributed by atoms with Crippen molar-refractivity contribution < 1.29 is 9.21 Å². The number of rotatable bonds is 7. The minimum absolute atomic E-state index is 0.238. The van der Waals surface area contributed by atoms with Gasteiger partial charge in [0.1, 0.15) is 5.76 Å². The fourth-order valence-electron chi connectivity index (χ4n) is 3.12. The molecule has 0 aliphatic rings. The van der Waals surface area contributed by atoms with Crippen molar-refractivity contribution in [1.82, 2.24) is 29.3 Å². The average molecular weight is 472 g/mol. The second-order valence-corrected chi connectivity index (χ2v) is 7.79. The Hall–Kier alpha value is -3.14. The molecule has 10 heteroatoms. The first-order chi connectivity index (χ1) is 14.4. The lowest BCUT2D eigenvalue weighted by Gasteiger charge is -2.02. The highest BCUT2D eigenvalue weighted by Crippen LogP contribution is 2.21. The molecule has 4 aromatic heterocycles. The molecule has 4 heterocycles. The number of hydrogen-bond donors (Lipinski definition) is 1. The molecule has 156 valence electrons. The van der Waals surface area contributed by atoms with E-state index in [2.05, 4.69) is 36.5 Å². The van der Waals surface area contributed by atoms with Gasteiger partial charge in [-0.15, -0.1) is 0 Å². The molecule has 0 aliphatic carbocycles. The van der Waals surface area contributed by atoms with E-state index in [1.54, 1.807) is 29.2 Å². The lowest BCUT2D eigenvalue weighted by Crippen LogP contribution is -2.10. The van der Waals surface area contributed by atoms with Crippen LogP contribution in [0.5, 0.6) is 0 Å². The Morgan fingerprint density at radius 1 is 1.13 bits per heavy atom. The summed E-state index contributed by atoms with van der Waals surface area (Å²) >= 11 is 3.52. The predicted molar refractivity (Wildman–Crippen MR) is 114 cm³/mol. The van der Waals surface area contributed by atoms with E-state index >= 15 is 0 Å². The first-order valence-corrected chi connectivity index (χ1v) is 10.4. The van der Waals surface area contributed by atoms with E-state index in [1.165, 1.54) is 0 Å². The Balaban J connectivity index is 1.38. The van der Waals surface area contributed by atoms with E-state index in [4.69, 9.17) is 4.42 Å². The van der Waals surface area contributed by atoms with Crippen LogP contribution in [-0.4, -0.2) is 35.2 Å². The van der Waals surface area contributed by atoms with Crippen LogP contribution in [0.25, 0.3) is 0 Å². The lowest BCUT2D eigenvalue weighted by atomic mass is 10.3. The highest BCUT2D eigenvalue weighted by Gasteiger charge is 2.15. The van der Waals surface area contributed by atoms with E-state index < -0.39 is 0 Å². The molecule has 0 spiro atoms. The molecule has 0 fully saturated rings. The number of aromatic nitrogens is 6. The van der Waals surface area contributed by atoms with Crippen molar-refractivity contribution in [3.05, 3.63) is 69.9 Å². The SMILES string of the molecule is CCn1cc(Cn2cc(NC(=O)c3ccc(Cn4nc(C)c(Br)c4C)o3)cn2)cn1. The van der Waals surface area contributed by atoms with Gasteiger partial charge in [0.2, 0.25) is 0 Å². The fraction of sp³-hybridized carbons (Fsp3) is 0.300. The van der Waals surface area contributed by atoms with Gasteiger partial charge in [0.05, 0.1) is 47.0 Å². The summed E-state index contributed by atoms with van der Waals surface area (Å²) in [5, 5.41) is 15.8. The third-order valence-corrected chi connectivity index (χ3v) is 5.88. The highest BCUT2D eigenvalue weighted by molar-refractivity contribution is 9.10. The van der Waals surface area contributed by atoms with Crippen molar-refractivity contribution in [2.75, 3.05) is 5.32 Å². The molecular weight excluding hydrogens is 450 g/mol. The maximum absolute atomic E-state index is 12.5. The van der Waals surface area contributed by atoms with Gasteiger partial charge in [0.25, 0.3) is 5.91 Å². The summed E-state index contributed by atoms with van der Waals surface area (Å²) in [7, 11) is 0. The summed E-state index contributed by atoms with van der Waals surface area (Å²) in [5.41, 5.74) is 3.57. The van der Waals surface area contributed by atoms with Crippen molar-refractivity contribution in [2.45, 2.75) is 40.4 Å². The van der Waals surface area contributed by atoms with Crippen LogP contribution < -0.4 is 5.32 Å². The van der Waals surface area contributed by atoms with Crippen molar-refractivity contribution in [2.24, 2.45) is 0 Å². The molecule has 0 saturated carbocycles. The van der Waals surface area contributed by atoms with Crippen LogP contribution in [-0.2, 0) is 19.6 Å². The second kappa shape index (κ2) is 8.31. The van der Waals surface area contributed by atoms with Crippen LogP contribution in [0.1, 0.15) is 40.2 Å². The first-order valence-electron chi connectivity index (χ1n) is 9.56. The molecule has 0 saturated heterocycles. The third kappa shape index (κ3) is 4.23.